The monoisotopic (exact) mass is 608 g/mol. The summed E-state index contributed by atoms with van der Waals surface area (Å²) >= 11 is 0. The van der Waals surface area contributed by atoms with Crippen LogP contribution in [0.25, 0.3) is 0 Å². The number of hydrogen-bond donors (Lipinski definition) is 2. The minimum Gasteiger partial charge on any atom is -0.497 e. The van der Waals surface area contributed by atoms with E-state index in [0.717, 1.165) is 30.1 Å². The highest BCUT2D eigenvalue weighted by Crippen LogP contribution is 2.28. The molecule has 2 aromatic carbocycles. The number of primary amides is 1. The van der Waals surface area contributed by atoms with E-state index in [1.807, 2.05) is 50.9 Å². The van der Waals surface area contributed by atoms with Crippen molar-refractivity contribution in [3.8, 4) is 11.5 Å². The predicted octanol–water partition coefficient (Wildman–Crippen LogP) is 3.25. The van der Waals surface area contributed by atoms with Gasteiger partial charge in [-0.1, -0.05) is 6.07 Å². The zero-order chi connectivity index (χ0) is 32.4. The van der Waals surface area contributed by atoms with Crippen LogP contribution in [-0.4, -0.2) is 93.4 Å². The van der Waals surface area contributed by atoms with E-state index >= 15 is 0 Å². The molecule has 1 fully saturated rings. The Hall–Kier alpha value is -4.58. The highest BCUT2D eigenvalue weighted by atomic mass is 16.6. The number of piperazine rings is 1. The number of nitrogens with two attached hydrogens (primary N) is 2. The number of carbonyl (C=O) groups is 3. The van der Waals surface area contributed by atoms with Gasteiger partial charge in [-0.3, -0.25) is 14.5 Å². The van der Waals surface area contributed by atoms with Crippen LogP contribution in [-0.2, 0) is 20.9 Å². The maximum absolute atomic E-state index is 12.4. The van der Waals surface area contributed by atoms with E-state index in [0.29, 0.717) is 43.9 Å². The summed E-state index contributed by atoms with van der Waals surface area (Å²) in [4.78, 5) is 46.8. The van der Waals surface area contributed by atoms with Crippen molar-refractivity contribution in [1.82, 2.24) is 9.80 Å². The molecule has 1 aliphatic rings. The van der Waals surface area contributed by atoms with Crippen molar-refractivity contribution < 1.29 is 28.6 Å². The van der Waals surface area contributed by atoms with E-state index in [4.69, 9.17) is 25.7 Å². The molecule has 0 unspecified atom stereocenters. The van der Waals surface area contributed by atoms with Gasteiger partial charge in [0.05, 0.1) is 19.9 Å². The summed E-state index contributed by atoms with van der Waals surface area (Å²) in [6.07, 6.45) is 0.524. The number of amides is 2. The topological polar surface area (TPSA) is 153 Å². The Morgan fingerprint density at radius 2 is 1.66 bits per heavy atom. The Kier molecular flexibility index (Phi) is 11.7. The standard InChI is InChI=1S/C32H44N6O6/c1-32(2,3)44-31(41)38-17-15-37(16-18-38)20-22-7-10-24(19-28(22)43-6)36(4)14-13-26(29(33)30(34)40)27(21-39)35-23-8-11-25(42-5)12-9-23/h7-12,19,21H,13-18,20,33H2,1-6H3,(H2,34,40). The van der Waals surface area contributed by atoms with Gasteiger partial charge in [0.2, 0.25) is 0 Å². The van der Waals surface area contributed by atoms with Crippen molar-refractivity contribution in [2.24, 2.45) is 16.5 Å². The number of nitrogens with zero attached hydrogens (tertiary/aromatic N) is 4. The summed E-state index contributed by atoms with van der Waals surface area (Å²) < 4.78 is 16.4. The fourth-order valence-electron chi connectivity index (χ4n) is 4.68. The van der Waals surface area contributed by atoms with Gasteiger partial charge < -0.3 is 35.5 Å². The van der Waals surface area contributed by atoms with Gasteiger partial charge in [0.1, 0.15) is 28.5 Å². The number of carbonyl (C=O) groups excluding carboxylic acids is 3. The van der Waals surface area contributed by atoms with Gasteiger partial charge in [-0.2, -0.15) is 0 Å². The van der Waals surface area contributed by atoms with E-state index in [1.165, 1.54) is 0 Å². The lowest BCUT2D eigenvalue weighted by atomic mass is 10.0. The number of benzene rings is 2. The molecule has 1 aliphatic heterocycles. The molecule has 3 rings (SSSR count). The molecule has 0 radical (unpaired) electrons. The lowest BCUT2D eigenvalue weighted by Gasteiger charge is -2.35. The zero-order valence-corrected chi connectivity index (χ0v) is 26.5. The second-order valence-corrected chi connectivity index (χ2v) is 11.5. The minimum absolute atomic E-state index is 0.0274. The van der Waals surface area contributed by atoms with Crippen molar-refractivity contribution in [2.75, 3.05) is 58.9 Å². The minimum atomic E-state index is -0.829. The number of hydrogen-bond acceptors (Lipinski definition) is 10. The largest absolute Gasteiger partial charge is 0.497 e. The average Bonchev–Trinajstić information content (AvgIpc) is 3.00. The molecule has 0 bridgehead atoms. The van der Waals surface area contributed by atoms with Gasteiger partial charge in [0.15, 0.2) is 6.29 Å². The van der Waals surface area contributed by atoms with Crippen molar-refractivity contribution in [2.45, 2.75) is 39.3 Å². The van der Waals surface area contributed by atoms with Crippen LogP contribution in [0.5, 0.6) is 11.5 Å². The highest BCUT2D eigenvalue weighted by Gasteiger charge is 2.26. The fraction of sp³-hybridized carbons (Fsp3) is 0.438. The molecule has 44 heavy (non-hydrogen) atoms. The van der Waals surface area contributed by atoms with Crippen LogP contribution in [0.2, 0.25) is 0 Å². The second kappa shape index (κ2) is 15.2. The molecule has 4 N–H and O–H groups in total. The molecule has 1 heterocycles. The van der Waals surface area contributed by atoms with E-state index in [9.17, 15) is 14.4 Å². The molecule has 12 nitrogen and oxygen atoms in total. The predicted molar refractivity (Wildman–Crippen MR) is 171 cm³/mol. The SMILES string of the molecule is COc1ccc(N=C(C=O)C(CCN(C)c2ccc(CN3CCN(C(=O)OC(C)(C)C)CC3)c(OC)c2)=C(N)C(N)=O)cc1. The van der Waals surface area contributed by atoms with Gasteiger partial charge in [-0.25, -0.2) is 9.79 Å². The smallest absolute Gasteiger partial charge is 0.410 e. The van der Waals surface area contributed by atoms with Crippen LogP contribution in [0.3, 0.4) is 0 Å². The highest BCUT2D eigenvalue weighted by molar-refractivity contribution is 6.37. The van der Waals surface area contributed by atoms with Gasteiger partial charge >= 0.3 is 6.09 Å². The molecule has 0 aliphatic carbocycles. The number of rotatable bonds is 12. The van der Waals surface area contributed by atoms with Gasteiger partial charge in [0.25, 0.3) is 5.91 Å². The number of ether oxygens (including phenoxy) is 3. The maximum Gasteiger partial charge on any atom is 0.410 e. The second-order valence-electron chi connectivity index (χ2n) is 11.5. The molecular formula is C32H44N6O6. The molecule has 0 spiro atoms. The van der Waals surface area contributed by atoms with Crippen LogP contribution < -0.4 is 25.8 Å². The van der Waals surface area contributed by atoms with E-state index in [-0.39, 0.29) is 29.5 Å². The summed E-state index contributed by atoms with van der Waals surface area (Å²) in [6.45, 7) is 9.29. The van der Waals surface area contributed by atoms with Crippen LogP contribution >= 0.6 is 0 Å². The van der Waals surface area contributed by atoms with E-state index < -0.39 is 11.5 Å². The molecule has 0 aromatic heterocycles. The molecule has 2 aromatic rings. The lowest BCUT2D eigenvalue weighted by Crippen LogP contribution is -2.49. The fourth-order valence-corrected chi connectivity index (χ4v) is 4.68. The van der Waals surface area contributed by atoms with Crippen LogP contribution in [0.15, 0.2) is 58.7 Å². The normalized spacial score (nSPS) is 14.9. The van der Waals surface area contributed by atoms with Crippen molar-refractivity contribution in [3.63, 3.8) is 0 Å². The first-order chi connectivity index (χ1) is 20.8. The molecular weight excluding hydrogens is 564 g/mol. The molecule has 12 heteroatoms. The molecule has 1 saturated heterocycles. The summed E-state index contributed by atoms with van der Waals surface area (Å²) in [5, 5.41) is 0. The summed E-state index contributed by atoms with van der Waals surface area (Å²) in [7, 11) is 5.08. The van der Waals surface area contributed by atoms with Crippen molar-refractivity contribution in [3.05, 3.63) is 59.3 Å². The van der Waals surface area contributed by atoms with Gasteiger partial charge in [-0.15, -0.1) is 0 Å². The first-order valence-corrected chi connectivity index (χ1v) is 14.4. The Labute approximate surface area is 259 Å². The Morgan fingerprint density at radius 1 is 1.00 bits per heavy atom. The van der Waals surface area contributed by atoms with Crippen molar-refractivity contribution >= 4 is 35.4 Å². The third-order valence-corrected chi connectivity index (χ3v) is 7.16. The third kappa shape index (κ3) is 9.46. The molecule has 0 saturated carbocycles. The van der Waals surface area contributed by atoms with Gasteiger partial charge in [0, 0.05) is 69.2 Å². The number of aliphatic imine (C=N–C) groups is 1. The summed E-state index contributed by atoms with van der Waals surface area (Å²) in [5.74, 6) is 0.545. The molecule has 2 amide bonds. The van der Waals surface area contributed by atoms with E-state index in [2.05, 4.69) is 9.89 Å². The lowest BCUT2D eigenvalue weighted by molar-refractivity contribution is -0.114. The number of aldehydes is 1. The maximum atomic E-state index is 12.4. The van der Waals surface area contributed by atoms with Crippen LogP contribution in [0.1, 0.15) is 32.8 Å². The number of methoxy groups -OCH3 is 2. The summed E-state index contributed by atoms with van der Waals surface area (Å²) in [5.41, 5.74) is 13.5. The number of anilines is 1. The molecule has 238 valence electrons. The quantitative estimate of drug-likeness (QED) is 0.210. The van der Waals surface area contributed by atoms with Crippen molar-refractivity contribution in [1.29, 1.82) is 0 Å². The first kappa shape index (κ1) is 33.9. The van der Waals surface area contributed by atoms with Crippen LogP contribution in [0.4, 0.5) is 16.2 Å². The summed E-state index contributed by atoms with van der Waals surface area (Å²) in [6, 6.07) is 12.8. The third-order valence-electron chi connectivity index (χ3n) is 7.16. The Balaban J connectivity index is 1.69. The van der Waals surface area contributed by atoms with E-state index in [1.54, 1.807) is 43.4 Å². The zero-order valence-electron chi connectivity index (χ0n) is 26.5. The van der Waals surface area contributed by atoms with Gasteiger partial charge in [-0.05, 0) is 57.5 Å². The Morgan fingerprint density at radius 3 is 2.20 bits per heavy atom. The Bertz CT molecular complexity index is 1370. The average molecular weight is 609 g/mol. The first-order valence-electron chi connectivity index (χ1n) is 14.4. The van der Waals surface area contributed by atoms with Crippen LogP contribution in [0, 0.1) is 0 Å². The molecule has 0 atom stereocenters.